The Hall–Kier alpha value is -4.63. The van der Waals surface area contributed by atoms with Gasteiger partial charge in [-0.3, -0.25) is 9.69 Å². The molecule has 0 fully saturated rings. The molecule has 4 rings (SSSR count). The highest BCUT2D eigenvalue weighted by molar-refractivity contribution is 7.92. The van der Waals surface area contributed by atoms with Crippen molar-refractivity contribution in [2.75, 3.05) is 17.1 Å². The Morgan fingerprint density at radius 3 is 2.13 bits per heavy atom. The zero-order valence-electron chi connectivity index (χ0n) is 25.3. The minimum absolute atomic E-state index is 0.0374. The Morgan fingerprint density at radius 2 is 1.50 bits per heavy atom. The highest BCUT2D eigenvalue weighted by atomic mass is 32.2. The van der Waals surface area contributed by atoms with Crippen LogP contribution >= 0.6 is 0 Å². The number of para-hydroxylation sites is 2. The minimum atomic E-state index is -4.49. The number of sulfonamides is 1. The van der Waals surface area contributed by atoms with Gasteiger partial charge in [0, 0.05) is 19.1 Å². The van der Waals surface area contributed by atoms with Gasteiger partial charge in [0.05, 0.1) is 40.9 Å². The second-order valence-electron chi connectivity index (χ2n) is 10.6. The first kappa shape index (κ1) is 34.2. The molecule has 0 heterocycles. The number of anilines is 2. The number of aliphatic hydroxyl groups is 1. The quantitative estimate of drug-likeness (QED) is 0.146. The molecule has 0 bridgehead atoms. The third kappa shape index (κ3) is 8.75. The first-order valence-electron chi connectivity index (χ1n) is 14.4. The number of alkyl halides is 3. The molecule has 4 aromatic carbocycles. The van der Waals surface area contributed by atoms with Crippen molar-refractivity contribution in [3.63, 3.8) is 0 Å². The van der Waals surface area contributed by atoms with E-state index in [1.165, 1.54) is 30.0 Å². The molecule has 0 aliphatic heterocycles. The molecule has 0 radical (unpaired) electrons. The molecule has 2 atom stereocenters. The molecule has 11 heteroatoms. The van der Waals surface area contributed by atoms with E-state index in [0.717, 1.165) is 28.3 Å². The second-order valence-corrected chi connectivity index (χ2v) is 12.4. The van der Waals surface area contributed by atoms with E-state index in [9.17, 15) is 31.5 Å². The summed E-state index contributed by atoms with van der Waals surface area (Å²) in [5.41, 5.74) is 0.884. The Labute approximate surface area is 267 Å². The van der Waals surface area contributed by atoms with Crippen LogP contribution in [0.15, 0.2) is 109 Å². The number of hydrogen-bond acceptors (Lipinski definition) is 5. The van der Waals surface area contributed by atoms with Gasteiger partial charge in [-0.15, -0.1) is 0 Å². The molecular formula is C35H34F3N3O4S. The fourth-order valence-corrected chi connectivity index (χ4v) is 6.07. The smallest absolute Gasteiger partial charge is 0.390 e. The molecule has 46 heavy (non-hydrogen) atoms. The summed E-state index contributed by atoms with van der Waals surface area (Å²) < 4.78 is 66.8. The summed E-state index contributed by atoms with van der Waals surface area (Å²) in [6, 6.07) is 30.5. The third-order valence-corrected chi connectivity index (χ3v) is 8.20. The number of rotatable bonds is 12. The van der Waals surface area contributed by atoms with Crippen LogP contribution in [0.1, 0.15) is 34.0 Å². The number of hydrogen-bond donors (Lipinski definition) is 2. The lowest BCUT2D eigenvalue weighted by atomic mass is 9.98. The Bertz CT molecular complexity index is 1790. The molecule has 0 unspecified atom stereocenters. The number of aliphatic hydroxyl groups excluding tert-OH is 1. The summed E-state index contributed by atoms with van der Waals surface area (Å²) in [7, 11) is -3.90. The maximum absolute atomic E-state index is 14.3. The van der Waals surface area contributed by atoms with E-state index in [4.69, 9.17) is 0 Å². The summed E-state index contributed by atoms with van der Waals surface area (Å²) in [4.78, 5) is 15.5. The van der Waals surface area contributed by atoms with Gasteiger partial charge in [0.15, 0.2) is 0 Å². The van der Waals surface area contributed by atoms with Gasteiger partial charge in [0.1, 0.15) is 0 Å². The maximum Gasteiger partial charge on any atom is 0.416 e. The summed E-state index contributed by atoms with van der Waals surface area (Å²) in [5, 5.41) is 14.5. The van der Waals surface area contributed by atoms with Gasteiger partial charge in [-0.25, -0.2) is 12.7 Å². The van der Waals surface area contributed by atoms with Crippen LogP contribution in [0.2, 0.25) is 0 Å². The van der Waals surface area contributed by atoms with Gasteiger partial charge in [-0.1, -0.05) is 84.8 Å². The Kier molecular flexibility index (Phi) is 11.2. The predicted octanol–water partition coefficient (Wildman–Crippen LogP) is 5.99. The lowest BCUT2D eigenvalue weighted by Crippen LogP contribution is -2.49. The van der Waals surface area contributed by atoms with Gasteiger partial charge >= 0.3 is 6.18 Å². The van der Waals surface area contributed by atoms with Crippen LogP contribution in [-0.4, -0.2) is 49.3 Å². The lowest BCUT2D eigenvalue weighted by molar-refractivity contribution is -0.137. The fraction of sp³-hybridized carbons (Fsp3) is 0.229. The first-order valence-corrected chi connectivity index (χ1v) is 16.2. The molecule has 0 saturated carbocycles. The van der Waals surface area contributed by atoms with Crippen LogP contribution in [0.25, 0.3) is 0 Å². The van der Waals surface area contributed by atoms with Crippen LogP contribution in [0.5, 0.6) is 0 Å². The van der Waals surface area contributed by atoms with E-state index >= 15 is 0 Å². The first-order chi connectivity index (χ1) is 21.9. The van der Waals surface area contributed by atoms with Crippen molar-refractivity contribution in [1.29, 1.82) is 0 Å². The van der Waals surface area contributed by atoms with E-state index in [-0.39, 0.29) is 30.8 Å². The molecule has 1 amide bonds. The van der Waals surface area contributed by atoms with Crippen molar-refractivity contribution in [2.45, 2.75) is 38.2 Å². The van der Waals surface area contributed by atoms with Crippen LogP contribution < -0.4 is 9.62 Å². The highest BCUT2D eigenvalue weighted by Gasteiger charge is 2.34. The predicted molar refractivity (Wildman–Crippen MR) is 173 cm³/mol. The minimum Gasteiger partial charge on any atom is -0.390 e. The van der Waals surface area contributed by atoms with Gasteiger partial charge in [-0.2, -0.15) is 13.2 Å². The second kappa shape index (κ2) is 15.1. The van der Waals surface area contributed by atoms with E-state index in [1.54, 1.807) is 48.5 Å². The molecule has 0 aromatic heterocycles. The monoisotopic (exact) mass is 649 g/mol. The topological polar surface area (TPSA) is 90.0 Å². The molecule has 0 aliphatic carbocycles. The van der Waals surface area contributed by atoms with Crippen molar-refractivity contribution in [1.82, 2.24) is 10.2 Å². The highest BCUT2D eigenvalue weighted by Crippen LogP contribution is 2.33. The van der Waals surface area contributed by atoms with Gasteiger partial charge in [0.25, 0.3) is 5.91 Å². The average Bonchev–Trinajstić information content (AvgIpc) is 3.03. The summed E-state index contributed by atoms with van der Waals surface area (Å²) >= 11 is 0. The third-order valence-electron chi connectivity index (χ3n) is 7.13. The summed E-state index contributed by atoms with van der Waals surface area (Å²) in [5.74, 6) is 2.11. The number of amides is 1. The normalized spacial score (nSPS) is 12.8. The van der Waals surface area contributed by atoms with Crippen molar-refractivity contribution in [3.05, 3.63) is 131 Å². The fourth-order valence-electron chi connectivity index (χ4n) is 5.05. The van der Waals surface area contributed by atoms with Crippen molar-refractivity contribution < 1.29 is 31.5 Å². The van der Waals surface area contributed by atoms with Crippen molar-refractivity contribution >= 4 is 27.3 Å². The maximum atomic E-state index is 14.3. The molecule has 0 spiro atoms. The van der Waals surface area contributed by atoms with Crippen LogP contribution in [0.3, 0.4) is 0 Å². The van der Waals surface area contributed by atoms with Gasteiger partial charge in [0.2, 0.25) is 10.0 Å². The number of nitrogens with zero attached hydrogens (tertiary/aromatic N) is 2. The molecule has 2 N–H and O–H groups in total. The van der Waals surface area contributed by atoms with E-state index in [2.05, 4.69) is 17.3 Å². The van der Waals surface area contributed by atoms with Crippen molar-refractivity contribution in [2.24, 2.45) is 0 Å². The molecular weight excluding hydrogens is 615 g/mol. The van der Waals surface area contributed by atoms with Crippen molar-refractivity contribution in [3.8, 4) is 12.0 Å². The molecule has 4 aromatic rings. The van der Waals surface area contributed by atoms with E-state index < -0.39 is 39.8 Å². The number of nitrogens with one attached hydrogen (secondary N) is 1. The summed E-state index contributed by atoms with van der Waals surface area (Å²) in [6.07, 6.45) is -4.48. The SMILES string of the molecule is CC#CN(C(=O)c1ccccc1N(c1ccccc1)S(C)(=O)=O)[C@@H](Cc1ccccc1)[C@H](O)CNCc1cccc(C(F)(F)F)c1. The largest absolute Gasteiger partial charge is 0.416 e. The number of carbonyl (C=O) groups is 1. The number of benzene rings is 4. The number of carbonyl (C=O) groups excluding carboxylic acids is 1. The van der Waals surface area contributed by atoms with Gasteiger partial charge < -0.3 is 10.4 Å². The molecule has 240 valence electrons. The Balaban J connectivity index is 1.68. The zero-order valence-corrected chi connectivity index (χ0v) is 26.1. The molecule has 0 aliphatic rings. The molecule has 7 nitrogen and oxygen atoms in total. The molecule has 0 saturated heterocycles. The summed E-state index contributed by atoms with van der Waals surface area (Å²) in [6.45, 7) is 1.50. The van der Waals surface area contributed by atoms with Crippen LogP contribution in [-0.2, 0) is 29.2 Å². The zero-order chi connectivity index (χ0) is 33.3. The standard InChI is InChI=1S/C35H34F3N3O4S/c1-3-21-40(34(43)30-19-10-11-20-31(30)41(46(2,44)45)29-17-8-5-9-18-29)32(23-26-13-6-4-7-14-26)33(42)25-39-24-27-15-12-16-28(22-27)35(36,37)38/h4-20,22,32-33,39,42H,23-25H2,1-2H3/t32-,33+/m0/s1. The van der Waals surface area contributed by atoms with E-state index in [0.29, 0.717) is 11.3 Å². The Morgan fingerprint density at radius 1 is 0.891 bits per heavy atom. The average molecular weight is 650 g/mol. The van der Waals surface area contributed by atoms with Gasteiger partial charge in [-0.05, 0) is 54.8 Å². The van der Waals surface area contributed by atoms with E-state index in [1.807, 2.05) is 30.3 Å². The number of halogens is 3. The lowest BCUT2D eigenvalue weighted by Gasteiger charge is -2.32. The van der Waals surface area contributed by atoms with Crippen LogP contribution in [0, 0.1) is 12.0 Å². The van der Waals surface area contributed by atoms with Crippen LogP contribution in [0.4, 0.5) is 24.5 Å².